The number of halogens is 1. The highest BCUT2D eigenvalue weighted by molar-refractivity contribution is 6.17. The molecule has 0 amide bonds. The Hall–Kier alpha value is -0.500. The lowest BCUT2D eigenvalue weighted by Crippen LogP contribution is -1.98. The fourth-order valence-corrected chi connectivity index (χ4v) is 1.90. The van der Waals surface area contributed by atoms with Crippen molar-refractivity contribution in [1.29, 1.82) is 0 Å². The van der Waals surface area contributed by atoms with Gasteiger partial charge in [0.25, 0.3) is 0 Å². The van der Waals surface area contributed by atoms with Crippen molar-refractivity contribution in [2.75, 3.05) is 13.0 Å². The SMILES string of the molecule is CON=C1CCC=C1CCCCCCl. The lowest BCUT2D eigenvalue weighted by Gasteiger charge is -2.03. The van der Waals surface area contributed by atoms with Crippen LogP contribution in [0.2, 0.25) is 0 Å². The van der Waals surface area contributed by atoms with Crippen molar-refractivity contribution in [3.05, 3.63) is 11.6 Å². The second kappa shape index (κ2) is 6.88. The summed E-state index contributed by atoms with van der Waals surface area (Å²) in [6.07, 6.45) is 9.09. The van der Waals surface area contributed by atoms with E-state index in [-0.39, 0.29) is 0 Å². The molecule has 0 spiro atoms. The third-order valence-electron chi connectivity index (χ3n) is 2.42. The number of rotatable bonds is 6. The number of nitrogens with zero attached hydrogens (tertiary/aromatic N) is 1. The van der Waals surface area contributed by atoms with Crippen molar-refractivity contribution in [2.45, 2.75) is 38.5 Å². The zero-order valence-electron chi connectivity index (χ0n) is 8.76. The molecule has 1 aliphatic carbocycles. The smallest absolute Gasteiger partial charge is 0.106 e. The van der Waals surface area contributed by atoms with E-state index in [1.54, 1.807) is 7.11 Å². The molecule has 14 heavy (non-hydrogen) atoms. The summed E-state index contributed by atoms with van der Waals surface area (Å²) in [6.45, 7) is 0. The number of unbranched alkanes of at least 4 members (excludes halogenated alkanes) is 2. The van der Waals surface area contributed by atoms with E-state index in [0.29, 0.717) is 0 Å². The number of alkyl halides is 1. The van der Waals surface area contributed by atoms with Gasteiger partial charge in [0.15, 0.2) is 0 Å². The molecule has 0 N–H and O–H groups in total. The van der Waals surface area contributed by atoms with E-state index in [2.05, 4.69) is 11.2 Å². The number of hydrogen-bond donors (Lipinski definition) is 0. The summed E-state index contributed by atoms with van der Waals surface area (Å²) in [5.74, 6) is 0.776. The molecule has 0 aromatic rings. The Morgan fingerprint density at radius 1 is 1.43 bits per heavy atom. The van der Waals surface area contributed by atoms with Gasteiger partial charge in [0.05, 0.1) is 5.71 Å². The molecule has 1 aliphatic rings. The van der Waals surface area contributed by atoms with Crippen LogP contribution < -0.4 is 0 Å². The molecule has 0 unspecified atom stereocenters. The van der Waals surface area contributed by atoms with Gasteiger partial charge in [-0.2, -0.15) is 0 Å². The first-order valence-electron chi connectivity index (χ1n) is 5.24. The highest BCUT2D eigenvalue weighted by atomic mass is 35.5. The fourth-order valence-electron chi connectivity index (χ4n) is 1.71. The first-order chi connectivity index (χ1) is 6.88. The van der Waals surface area contributed by atoms with Crippen molar-refractivity contribution in [3.8, 4) is 0 Å². The summed E-state index contributed by atoms with van der Waals surface area (Å²) in [4.78, 5) is 4.81. The molecule has 0 aromatic heterocycles. The van der Waals surface area contributed by atoms with Crippen LogP contribution in [-0.2, 0) is 4.84 Å². The Labute approximate surface area is 91.0 Å². The number of hydrogen-bond acceptors (Lipinski definition) is 2. The molecule has 0 radical (unpaired) electrons. The van der Waals surface area contributed by atoms with Gasteiger partial charge in [-0.3, -0.25) is 0 Å². The van der Waals surface area contributed by atoms with E-state index in [1.165, 1.54) is 18.4 Å². The Balaban J connectivity index is 2.26. The minimum Gasteiger partial charge on any atom is -0.399 e. The molecule has 0 aromatic carbocycles. The predicted molar refractivity (Wildman–Crippen MR) is 60.9 cm³/mol. The van der Waals surface area contributed by atoms with Gasteiger partial charge in [-0.15, -0.1) is 11.6 Å². The monoisotopic (exact) mass is 215 g/mol. The normalized spacial score (nSPS) is 18.7. The number of oxime groups is 1. The summed E-state index contributed by atoms with van der Waals surface area (Å²) in [5, 5.41) is 4.03. The predicted octanol–water partition coefficient (Wildman–Crippen LogP) is 3.51. The van der Waals surface area contributed by atoms with Crippen LogP contribution in [0.4, 0.5) is 0 Å². The van der Waals surface area contributed by atoms with Gasteiger partial charge in [0, 0.05) is 5.88 Å². The van der Waals surface area contributed by atoms with Crippen LogP contribution >= 0.6 is 11.6 Å². The van der Waals surface area contributed by atoms with Gasteiger partial charge in [-0.25, -0.2) is 0 Å². The third-order valence-corrected chi connectivity index (χ3v) is 2.69. The van der Waals surface area contributed by atoms with Gasteiger partial charge >= 0.3 is 0 Å². The van der Waals surface area contributed by atoms with E-state index >= 15 is 0 Å². The van der Waals surface area contributed by atoms with E-state index in [4.69, 9.17) is 16.4 Å². The summed E-state index contributed by atoms with van der Waals surface area (Å²) in [6, 6.07) is 0. The lowest BCUT2D eigenvalue weighted by molar-refractivity contribution is 0.213. The Morgan fingerprint density at radius 2 is 2.29 bits per heavy atom. The van der Waals surface area contributed by atoms with Gasteiger partial charge in [0.2, 0.25) is 0 Å². The molecule has 2 nitrogen and oxygen atoms in total. The zero-order chi connectivity index (χ0) is 10.2. The molecule has 3 heteroatoms. The maximum Gasteiger partial charge on any atom is 0.106 e. The minimum atomic E-state index is 0.776. The Morgan fingerprint density at radius 3 is 3.00 bits per heavy atom. The van der Waals surface area contributed by atoms with Crippen molar-refractivity contribution in [2.24, 2.45) is 5.16 Å². The zero-order valence-corrected chi connectivity index (χ0v) is 9.52. The highest BCUT2D eigenvalue weighted by Crippen LogP contribution is 2.21. The van der Waals surface area contributed by atoms with Crippen LogP contribution in [0.15, 0.2) is 16.8 Å². The molecular formula is C11H18ClNO. The number of allylic oxidation sites excluding steroid dienone is 2. The Bertz CT molecular complexity index is 223. The van der Waals surface area contributed by atoms with E-state index in [1.807, 2.05) is 0 Å². The summed E-state index contributed by atoms with van der Waals surface area (Å²) in [7, 11) is 1.61. The second-order valence-corrected chi connectivity index (χ2v) is 3.87. The molecule has 80 valence electrons. The molecule has 0 fully saturated rings. The van der Waals surface area contributed by atoms with Crippen LogP contribution in [0.1, 0.15) is 38.5 Å². The summed E-state index contributed by atoms with van der Waals surface area (Å²) >= 11 is 5.62. The molecule has 0 saturated carbocycles. The van der Waals surface area contributed by atoms with Gasteiger partial charge in [-0.05, 0) is 37.7 Å². The van der Waals surface area contributed by atoms with Crippen LogP contribution in [0.25, 0.3) is 0 Å². The molecule has 0 atom stereocenters. The van der Waals surface area contributed by atoms with Gasteiger partial charge in [-0.1, -0.05) is 17.7 Å². The van der Waals surface area contributed by atoms with Crippen molar-refractivity contribution < 1.29 is 4.84 Å². The highest BCUT2D eigenvalue weighted by Gasteiger charge is 2.12. The quantitative estimate of drug-likeness (QED) is 0.378. The van der Waals surface area contributed by atoms with E-state index in [0.717, 1.165) is 37.3 Å². The van der Waals surface area contributed by atoms with Crippen LogP contribution in [0, 0.1) is 0 Å². The molecule has 0 saturated heterocycles. The second-order valence-electron chi connectivity index (χ2n) is 3.49. The third kappa shape index (κ3) is 3.70. The van der Waals surface area contributed by atoms with Gasteiger partial charge < -0.3 is 4.84 Å². The average Bonchev–Trinajstić information content (AvgIpc) is 2.61. The maximum absolute atomic E-state index is 5.62. The van der Waals surface area contributed by atoms with Crippen molar-refractivity contribution >= 4 is 17.3 Å². The Kier molecular flexibility index (Phi) is 5.69. The molecule has 0 aliphatic heterocycles. The standard InChI is InChI=1S/C11H18ClNO/c1-14-13-11-8-5-7-10(11)6-3-2-4-9-12/h7H,2-6,8-9H2,1H3. The first kappa shape index (κ1) is 11.6. The fraction of sp³-hybridized carbons (Fsp3) is 0.727. The average molecular weight is 216 g/mol. The molecule has 0 bridgehead atoms. The first-order valence-corrected chi connectivity index (χ1v) is 5.77. The van der Waals surface area contributed by atoms with Crippen LogP contribution in [0.5, 0.6) is 0 Å². The molecule has 0 heterocycles. The van der Waals surface area contributed by atoms with Crippen molar-refractivity contribution in [3.63, 3.8) is 0 Å². The summed E-state index contributed by atoms with van der Waals surface area (Å²) < 4.78 is 0. The molecular weight excluding hydrogens is 198 g/mol. The minimum absolute atomic E-state index is 0.776. The van der Waals surface area contributed by atoms with E-state index < -0.39 is 0 Å². The van der Waals surface area contributed by atoms with Crippen molar-refractivity contribution in [1.82, 2.24) is 0 Å². The lowest BCUT2D eigenvalue weighted by atomic mass is 10.1. The maximum atomic E-state index is 5.62. The van der Waals surface area contributed by atoms with Crippen LogP contribution in [-0.4, -0.2) is 18.7 Å². The largest absolute Gasteiger partial charge is 0.399 e. The van der Waals surface area contributed by atoms with E-state index in [9.17, 15) is 0 Å². The van der Waals surface area contributed by atoms with Gasteiger partial charge in [0.1, 0.15) is 7.11 Å². The summed E-state index contributed by atoms with van der Waals surface area (Å²) in [5.41, 5.74) is 2.51. The molecule has 1 rings (SSSR count). The van der Waals surface area contributed by atoms with Crippen LogP contribution in [0.3, 0.4) is 0 Å². The topological polar surface area (TPSA) is 21.6 Å².